The van der Waals surface area contributed by atoms with Crippen LogP contribution in [0.4, 0.5) is 36.3 Å². The van der Waals surface area contributed by atoms with E-state index in [1.165, 1.54) is 6.33 Å². The van der Waals surface area contributed by atoms with Crippen molar-refractivity contribution in [3.8, 4) is 0 Å². The van der Waals surface area contributed by atoms with E-state index in [0.717, 1.165) is 11.6 Å². The molecule has 0 saturated carbocycles. The largest absolute Gasteiger partial charge is 0.417 e. The zero-order chi connectivity index (χ0) is 20.3. The fourth-order valence-corrected chi connectivity index (χ4v) is 2.56. The molecular weight excluding hydrogens is 416 g/mol. The van der Waals surface area contributed by atoms with Gasteiger partial charge in [0.15, 0.2) is 11.6 Å². The maximum absolute atomic E-state index is 12.7. The summed E-state index contributed by atoms with van der Waals surface area (Å²) in [7, 11) is 0. The number of nitrogens with two attached hydrogens (primary N) is 1. The molecule has 0 atom stereocenters. The number of nitrogen functional groups attached to an aromatic ring is 1. The molecule has 146 valence electrons. The van der Waals surface area contributed by atoms with Gasteiger partial charge in [-0.1, -0.05) is 35.3 Å². The van der Waals surface area contributed by atoms with Crippen molar-refractivity contribution < 1.29 is 13.2 Å². The summed E-state index contributed by atoms with van der Waals surface area (Å²) < 4.78 is 38.1. The van der Waals surface area contributed by atoms with Gasteiger partial charge in [0, 0.05) is 17.8 Å². The molecule has 0 bridgehead atoms. The van der Waals surface area contributed by atoms with Crippen LogP contribution in [-0.2, 0) is 12.7 Å². The predicted molar refractivity (Wildman–Crippen MR) is 103 cm³/mol. The van der Waals surface area contributed by atoms with Gasteiger partial charge in [0.1, 0.15) is 17.8 Å². The number of nitrogens with one attached hydrogen (secondary N) is 2. The summed E-state index contributed by atoms with van der Waals surface area (Å²) >= 11 is 11.7. The summed E-state index contributed by atoms with van der Waals surface area (Å²) in [6.45, 7) is 0.428. The van der Waals surface area contributed by atoms with Crippen molar-refractivity contribution in [3.05, 3.63) is 64.0 Å². The second-order valence-electron chi connectivity index (χ2n) is 5.64. The highest BCUT2D eigenvalue weighted by Gasteiger charge is 2.31. The van der Waals surface area contributed by atoms with Crippen molar-refractivity contribution in [1.82, 2.24) is 15.0 Å². The Bertz CT molecular complexity index is 980. The van der Waals surface area contributed by atoms with Crippen LogP contribution in [-0.4, -0.2) is 15.0 Å². The topological polar surface area (TPSA) is 88.8 Å². The minimum absolute atomic E-state index is 0.0104. The van der Waals surface area contributed by atoms with Gasteiger partial charge in [-0.05, 0) is 23.8 Å². The number of pyridine rings is 1. The van der Waals surface area contributed by atoms with Crippen molar-refractivity contribution in [3.63, 3.8) is 0 Å². The first-order valence-electron chi connectivity index (χ1n) is 7.82. The highest BCUT2D eigenvalue weighted by atomic mass is 35.5. The molecule has 4 N–H and O–H groups in total. The van der Waals surface area contributed by atoms with Gasteiger partial charge < -0.3 is 16.4 Å². The van der Waals surface area contributed by atoms with E-state index in [4.69, 9.17) is 28.9 Å². The maximum Gasteiger partial charge on any atom is 0.417 e. The van der Waals surface area contributed by atoms with E-state index in [-0.39, 0.29) is 22.3 Å². The number of alkyl halides is 3. The SMILES string of the molecule is Nc1c(NCc2ccc(Cl)cc2)ncnc1Nc1ncc(C(F)(F)F)cc1Cl. The van der Waals surface area contributed by atoms with E-state index in [1.54, 1.807) is 12.1 Å². The average Bonchev–Trinajstić information content (AvgIpc) is 2.64. The van der Waals surface area contributed by atoms with Crippen LogP contribution in [0.3, 0.4) is 0 Å². The monoisotopic (exact) mass is 428 g/mol. The Balaban J connectivity index is 1.76. The summed E-state index contributed by atoms with van der Waals surface area (Å²) in [5.74, 6) is 0.488. The maximum atomic E-state index is 12.7. The minimum atomic E-state index is -4.54. The summed E-state index contributed by atoms with van der Waals surface area (Å²) in [6.07, 6.45) is -2.62. The van der Waals surface area contributed by atoms with Crippen LogP contribution in [0.2, 0.25) is 10.0 Å². The third-order valence-corrected chi connectivity index (χ3v) is 4.20. The van der Waals surface area contributed by atoms with E-state index in [2.05, 4.69) is 25.6 Å². The van der Waals surface area contributed by atoms with Crippen LogP contribution in [0, 0.1) is 0 Å². The standard InChI is InChI=1S/C17H13Cl2F3N6/c18-11-3-1-9(2-4-11)6-24-15-13(23)16(27-8-26-15)28-14-12(19)5-10(7-25-14)17(20,21)22/h1-5,7-8H,6,23H2,(H2,24,25,26,27,28). The van der Waals surface area contributed by atoms with E-state index < -0.39 is 11.7 Å². The normalized spacial score (nSPS) is 11.3. The van der Waals surface area contributed by atoms with Gasteiger partial charge in [0.25, 0.3) is 0 Å². The van der Waals surface area contributed by atoms with Gasteiger partial charge in [-0.15, -0.1) is 0 Å². The van der Waals surface area contributed by atoms with Gasteiger partial charge in [-0.2, -0.15) is 13.2 Å². The Kier molecular flexibility index (Phi) is 5.76. The van der Waals surface area contributed by atoms with Crippen molar-refractivity contribution in [2.45, 2.75) is 12.7 Å². The zero-order valence-electron chi connectivity index (χ0n) is 14.1. The molecule has 0 aliphatic heterocycles. The van der Waals surface area contributed by atoms with Crippen LogP contribution < -0.4 is 16.4 Å². The second-order valence-corrected chi connectivity index (χ2v) is 6.49. The van der Waals surface area contributed by atoms with Crippen LogP contribution in [0.5, 0.6) is 0 Å². The Hall–Kier alpha value is -2.78. The van der Waals surface area contributed by atoms with E-state index in [9.17, 15) is 13.2 Å². The lowest BCUT2D eigenvalue weighted by Gasteiger charge is -2.14. The second kappa shape index (κ2) is 8.07. The summed E-state index contributed by atoms with van der Waals surface area (Å²) in [4.78, 5) is 11.8. The molecule has 3 aromatic rings. The van der Waals surface area contributed by atoms with Crippen molar-refractivity contribution in [2.24, 2.45) is 0 Å². The number of aromatic nitrogens is 3. The van der Waals surface area contributed by atoms with Crippen LogP contribution >= 0.6 is 23.2 Å². The Morgan fingerprint density at radius 1 is 0.964 bits per heavy atom. The van der Waals surface area contributed by atoms with Gasteiger partial charge >= 0.3 is 6.18 Å². The molecule has 0 radical (unpaired) electrons. The van der Waals surface area contributed by atoms with Gasteiger partial charge in [-0.25, -0.2) is 15.0 Å². The Morgan fingerprint density at radius 2 is 1.64 bits per heavy atom. The van der Waals surface area contributed by atoms with Crippen LogP contribution in [0.1, 0.15) is 11.1 Å². The molecule has 2 aromatic heterocycles. The molecule has 0 fully saturated rings. The Morgan fingerprint density at radius 3 is 2.29 bits per heavy atom. The third kappa shape index (κ3) is 4.73. The van der Waals surface area contributed by atoms with Gasteiger partial charge in [0.05, 0.1) is 10.6 Å². The van der Waals surface area contributed by atoms with E-state index in [1.807, 2.05) is 12.1 Å². The van der Waals surface area contributed by atoms with Crippen molar-refractivity contribution >= 4 is 46.3 Å². The molecule has 0 aliphatic carbocycles. The quantitative estimate of drug-likeness (QED) is 0.521. The smallest absolute Gasteiger partial charge is 0.393 e. The molecule has 0 aliphatic rings. The number of rotatable bonds is 5. The molecule has 3 rings (SSSR count). The Labute approximate surface area is 167 Å². The lowest BCUT2D eigenvalue weighted by Crippen LogP contribution is -2.09. The van der Waals surface area contributed by atoms with E-state index in [0.29, 0.717) is 23.6 Å². The molecule has 11 heteroatoms. The van der Waals surface area contributed by atoms with Gasteiger partial charge in [0.2, 0.25) is 0 Å². The fraction of sp³-hybridized carbons (Fsp3) is 0.118. The van der Waals surface area contributed by atoms with Crippen LogP contribution in [0.15, 0.2) is 42.9 Å². The number of anilines is 4. The number of nitrogens with zero attached hydrogens (tertiary/aromatic N) is 3. The lowest BCUT2D eigenvalue weighted by atomic mass is 10.2. The van der Waals surface area contributed by atoms with Crippen molar-refractivity contribution in [2.75, 3.05) is 16.4 Å². The van der Waals surface area contributed by atoms with Crippen LogP contribution in [0.25, 0.3) is 0 Å². The molecule has 1 aromatic carbocycles. The molecule has 0 saturated heterocycles. The molecule has 0 amide bonds. The summed E-state index contributed by atoms with van der Waals surface area (Å²) in [5.41, 5.74) is 6.20. The summed E-state index contributed by atoms with van der Waals surface area (Å²) in [6, 6.07) is 7.98. The average molecular weight is 429 g/mol. The number of halogens is 5. The lowest BCUT2D eigenvalue weighted by molar-refractivity contribution is -0.137. The highest BCUT2D eigenvalue weighted by molar-refractivity contribution is 6.33. The first-order chi connectivity index (χ1) is 13.2. The van der Waals surface area contributed by atoms with Crippen molar-refractivity contribution in [1.29, 1.82) is 0 Å². The highest BCUT2D eigenvalue weighted by Crippen LogP contribution is 2.34. The molecule has 28 heavy (non-hydrogen) atoms. The number of hydrogen-bond donors (Lipinski definition) is 3. The van der Waals surface area contributed by atoms with E-state index >= 15 is 0 Å². The first kappa shape index (κ1) is 20.0. The molecule has 2 heterocycles. The van der Waals surface area contributed by atoms with Gasteiger partial charge in [-0.3, -0.25) is 0 Å². The number of hydrogen-bond acceptors (Lipinski definition) is 6. The predicted octanol–water partition coefficient (Wildman–Crippen LogP) is 5.14. The zero-order valence-corrected chi connectivity index (χ0v) is 15.6. The molecular formula is C17H13Cl2F3N6. The fourth-order valence-electron chi connectivity index (χ4n) is 2.22. The number of benzene rings is 1. The molecule has 6 nitrogen and oxygen atoms in total. The summed E-state index contributed by atoms with van der Waals surface area (Å²) in [5, 5.41) is 6.18. The molecule has 0 unspecified atom stereocenters. The minimum Gasteiger partial charge on any atom is -0.393 e. The first-order valence-corrected chi connectivity index (χ1v) is 8.58. The third-order valence-electron chi connectivity index (χ3n) is 3.66. The molecule has 0 spiro atoms.